The van der Waals surface area contributed by atoms with Crippen LogP contribution in [0.5, 0.6) is 5.75 Å². The Bertz CT molecular complexity index is 550. The van der Waals surface area contributed by atoms with Crippen molar-refractivity contribution in [2.24, 2.45) is 0 Å². The van der Waals surface area contributed by atoms with E-state index in [9.17, 15) is 18.8 Å². The van der Waals surface area contributed by atoms with Crippen molar-refractivity contribution in [3.8, 4) is 5.75 Å². The van der Waals surface area contributed by atoms with Gasteiger partial charge in [0, 0.05) is 20.2 Å². The van der Waals surface area contributed by atoms with Crippen molar-refractivity contribution in [3.63, 3.8) is 0 Å². The largest absolute Gasteiger partial charge is 0.482 e. The molecule has 0 radical (unpaired) electrons. The molecule has 0 aliphatic carbocycles. The molecule has 0 heterocycles. The fraction of sp³-hybridized carbons (Fsp3) is 0.357. The summed E-state index contributed by atoms with van der Waals surface area (Å²) in [5.41, 5.74) is 0. The fourth-order valence-corrected chi connectivity index (χ4v) is 1.38. The first-order valence-corrected chi connectivity index (χ1v) is 6.41. The van der Waals surface area contributed by atoms with Gasteiger partial charge in [0.15, 0.2) is 13.2 Å². The molecule has 1 N–H and O–H groups in total. The van der Waals surface area contributed by atoms with Crippen LogP contribution in [0.3, 0.4) is 0 Å². The Labute approximate surface area is 127 Å². The number of hydrogen-bond donors (Lipinski definition) is 1. The lowest BCUT2D eigenvalue weighted by Crippen LogP contribution is -2.39. The molecular weight excluding hydrogens is 295 g/mol. The molecule has 7 nitrogen and oxygen atoms in total. The molecule has 0 saturated carbocycles. The zero-order chi connectivity index (χ0) is 16.5. The van der Waals surface area contributed by atoms with Crippen molar-refractivity contribution >= 4 is 17.8 Å². The number of amides is 2. The molecular formula is C14H17FN2O5. The highest BCUT2D eigenvalue weighted by molar-refractivity contribution is 5.86. The van der Waals surface area contributed by atoms with E-state index < -0.39 is 30.9 Å². The normalized spacial score (nSPS) is 9.77. The third-order valence-corrected chi connectivity index (χ3v) is 2.59. The topological polar surface area (TPSA) is 84.9 Å². The number of carbonyl (C=O) groups is 3. The second kappa shape index (κ2) is 8.60. The van der Waals surface area contributed by atoms with Crippen LogP contribution in [0, 0.1) is 5.82 Å². The second-order valence-corrected chi connectivity index (χ2v) is 4.33. The summed E-state index contributed by atoms with van der Waals surface area (Å²) in [6, 6.07) is 5.29. The Hall–Kier alpha value is -2.64. The van der Waals surface area contributed by atoms with Gasteiger partial charge in [-0.2, -0.15) is 0 Å². The summed E-state index contributed by atoms with van der Waals surface area (Å²) in [5, 5.41) is 2.37. The Morgan fingerprint density at radius 2 is 2.00 bits per heavy atom. The standard InChI is InChI=1S/C14H17FN2O5/c1-16-12(18)7-17(2)13(19)8-22-14(20)9-21-11-5-3-4-10(15)6-11/h3-6H,7-9H2,1-2H3,(H,16,18). The molecule has 2 amide bonds. The zero-order valence-electron chi connectivity index (χ0n) is 12.3. The first-order valence-electron chi connectivity index (χ1n) is 6.41. The van der Waals surface area contributed by atoms with Crippen molar-refractivity contribution in [3.05, 3.63) is 30.1 Å². The summed E-state index contributed by atoms with van der Waals surface area (Å²) >= 11 is 0. The predicted molar refractivity (Wildman–Crippen MR) is 74.6 cm³/mol. The van der Waals surface area contributed by atoms with Gasteiger partial charge in [0.05, 0.1) is 6.54 Å². The minimum absolute atomic E-state index is 0.132. The lowest BCUT2D eigenvalue weighted by atomic mass is 10.3. The van der Waals surface area contributed by atoms with Crippen molar-refractivity contribution in [2.75, 3.05) is 33.9 Å². The van der Waals surface area contributed by atoms with E-state index in [0.717, 1.165) is 11.0 Å². The molecule has 0 saturated heterocycles. The van der Waals surface area contributed by atoms with Crippen LogP contribution in [0.15, 0.2) is 24.3 Å². The van der Waals surface area contributed by atoms with Crippen LogP contribution in [0.4, 0.5) is 4.39 Å². The van der Waals surface area contributed by atoms with Crippen LogP contribution >= 0.6 is 0 Å². The van der Waals surface area contributed by atoms with Gasteiger partial charge in [-0.1, -0.05) is 6.07 Å². The van der Waals surface area contributed by atoms with E-state index in [1.807, 2.05) is 0 Å². The van der Waals surface area contributed by atoms with Gasteiger partial charge in [-0.3, -0.25) is 9.59 Å². The van der Waals surface area contributed by atoms with E-state index in [4.69, 9.17) is 9.47 Å². The number of likely N-dealkylation sites (N-methyl/N-ethyl adjacent to an activating group) is 2. The van der Waals surface area contributed by atoms with Crippen LogP contribution in [0.25, 0.3) is 0 Å². The minimum atomic E-state index is -0.772. The summed E-state index contributed by atoms with van der Waals surface area (Å²) in [5.74, 6) is -1.94. The number of benzene rings is 1. The minimum Gasteiger partial charge on any atom is -0.482 e. The number of ether oxygens (including phenoxy) is 2. The summed E-state index contributed by atoms with van der Waals surface area (Å²) in [4.78, 5) is 35.2. The Morgan fingerprint density at radius 1 is 1.27 bits per heavy atom. The first kappa shape index (κ1) is 17.4. The van der Waals surface area contributed by atoms with Crippen molar-refractivity contribution in [1.82, 2.24) is 10.2 Å². The van der Waals surface area contributed by atoms with E-state index >= 15 is 0 Å². The van der Waals surface area contributed by atoms with Gasteiger partial charge in [0.25, 0.3) is 5.91 Å². The van der Waals surface area contributed by atoms with Gasteiger partial charge in [-0.25, -0.2) is 9.18 Å². The second-order valence-electron chi connectivity index (χ2n) is 4.33. The molecule has 8 heteroatoms. The van der Waals surface area contributed by atoms with Crippen molar-refractivity contribution < 1.29 is 28.2 Å². The number of carbonyl (C=O) groups excluding carboxylic acids is 3. The Kier molecular flexibility index (Phi) is 6.81. The predicted octanol–water partition coefficient (Wildman–Crippen LogP) is -0.0479. The number of rotatable bonds is 7. The molecule has 22 heavy (non-hydrogen) atoms. The summed E-state index contributed by atoms with van der Waals surface area (Å²) in [7, 11) is 2.86. The van der Waals surface area contributed by atoms with Gasteiger partial charge in [-0.05, 0) is 12.1 Å². The molecule has 0 spiro atoms. The summed E-state index contributed by atoms with van der Waals surface area (Å²) in [6.45, 7) is -1.08. The van der Waals surface area contributed by atoms with Crippen LogP contribution < -0.4 is 10.1 Å². The number of nitrogens with zero attached hydrogens (tertiary/aromatic N) is 1. The Morgan fingerprint density at radius 3 is 2.64 bits per heavy atom. The van der Waals surface area contributed by atoms with Crippen LogP contribution in [0.2, 0.25) is 0 Å². The molecule has 1 aromatic rings. The van der Waals surface area contributed by atoms with Gasteiger partial charge >= 0.3 is 5.97 Å². The average Bonchev–Trinajstić information content (AvgIpc) is 2.50. The quantitative estimate of drug-likeness (QED) is 0.714. The SMILES string of the molecule is CNC(=O)CN(C)C(=O)COC(=O)COc1cccc(F)c1. The highest BCUT2D eigenvalue weighted by Gasteiger charge is 2.14. The van der Waals surface area contributed by atoms with Gasteiger partial charge in [0.2, 0.25) is 5.91 Å². The number of nitrogens with one attached hydrogen (secondary N) is 1. The van der Waals surface area contributed by atoms with E-state index in [0.29, 0.717) is 0 Å². The maximum absolute atomic E-state index is 12.9. The summed E-state index contributed by atoms with van der Waals surface area (Å²) < 4.78 is 22.6. The van der Waals surface area contributed by atoms with Gasteiger partial charge < -0.3 is 19.7 Å². The van der Waals surface area contributed by atoms with Crippen LogP contribution in [0.1, 0.15) is 0 Å². The Balaban J connectivity index is 2.30. The highest BCUT2D eigenvalue weighted by atomic mass is 19.1. The fourth-order valence-electron chi connectivity index (χ4n) is 1.38. The highest BCUT2D eigenvalue weighted by Crippen LogP contribution is 2.11. The van der Waals surface area contributed by atoms with E-state index in [1.54, 1.807) is 0 Å². The number of halogens is 1. The van der Waals surface area contributed by atoms with E-state index in [2.05, 4.69) is 5.32 Å². The molecule has 0 bridgehead atoms. The monoisotopic (exact) mass is 312 g/mol. The third kappa shape index (κ3) is 6.21. The molecule has 0 aliphatic rings. The maximum Gasteiger partial charge on any atom is 0.344 e. The molecule has 120 valence electrons. The first-order chi connectivity index (χ1) is 10.4. The third-order valence-electron chi connectivity index (χ3n) is 2.59. The van der Waals surface area contributed by atoms with E-state index in [1.165, 1.54) is 32.3 Å². The molecule has 0 aromatic heterocycles. The number of hydrogen-bond acceptors (Lipinski definition) is 5. The van der Waals surface area contributed by atoms with Crippen molar-refractivity contribution in [1.29, 1.82) is 0 Å². The van der Waals surface area contributed by atoms with E-state index in [-0.39, 0.29) is 18.2 Å². The smallest absolute Gasteiger partial charge is 0.344 e. The summed E-state index contributed by atoms with van der Waals surface area (Å²) in [6.07, 6.45) is 0. The average molecular weight is 312 g/mol. The molecule has 0 atom stereocenters. The maximum atomic E-state index is 12.9. The zero-order valence-corrected chi connectivity index (χ0v) is 12.3. The molecule has 0 fully saturated rings. The molecule has 1 aromatic carbocycles. The molecule has 0 unspecified atom stereocenters. The molecule has 1 rings (SSSR count). The lowest BCUT2D eigenvalue weighted by molar-refractivity contribution is -0.153. The van der Waals surface area contributed by atoms with Gasteiger partial charge in [0.1, 0.15) is 11.6 Å². The van der Waals surface area contributed by atoms with Gasteiger partial charge in [-0.15, -0.1) is 0 Å². The number of esters is 1. The van der Waals surface area contributed by atoms with Crippen molar-refractivity contribution in [2.45, 2.75) is 0 Å². The lowest BCUT2D eigenvalue weighted by Gasteiger charge is -2.15. The van der Waals surface area contributed by atoms with Crippen LogP contribution in [-0.2, 0) is 19.1 Å². The molecule has 0 aliphatic heterocycles. The van der Waals surface area contributed by atoms with Crippen LogP contribution in [-0.4, -0.2) is 56.5 Å².